The van der Waals surface area contributed by atoms with Crippen molar-refractivity contribution in [2.24, 2.45) is 0 Å². The van der Waals surface area contributed by atoms with Gasteiger partial charge in [-0.3, -0.25) is 14.9 Å². The van der Waals surface area contributed by atoms with E-state index in [0.29, 0.717) is 24.7 Å². The summed E-state index contributed by atoms with van der Waals surface area (Å²) in [4.78, 5) is 22.9. The molecule has 156 valence electrons. The Morgan fingerprint density at radius 1 is 1.07 bits per heavy atom. The van der Waals surface area contributed by atoms with E-state index < -0.39 is 10.8 Å². The lowest BCUT2D eigenvalue weighted by atomic mass is 10.1. The van der Waals surface area contributed by atoms with Crippen molar-refractivity contribution in [2.75, 3.05) is 18.5 Å². The van der Waals surface area contributed by atoms with Crippen LogP contribution in [0.5, 0.6) is 17.2 Å². The zero-order valence-electron chi connectivity index (χ0n) is 16.6. The maximum atomic E-state index is 12.7. The van der Waals surface area contributed by atoms with Crippen molar-refractivity contribution in [3.05, 3.63) is 52.1 Å². The van der Waals surface area contributed by atoms with Crippen molar-refractivity contribution in [2.45, 2.75) is 39.5 Å². The second-order valence-corrected chi connectivity index (χ2v) is 6.47. The van der Waals surface area contributed by atoms with Crippen LogP contribution in [0.2, 0.25) is 0 Å². The first-order chi connectivity index (χ1) is 14.0. The van der Waals surface area contributed by atoms with Crippen LogP contribution in [0.25, 0.3) is 0 Å². The molecule has 0 unspecified atom stereocenters. The number of unbranched alkanes of at least 4 members (excludes halogenated alkanes) is 2. The van der Waals surface area contributed by atoms with E-state index in [-0.39, 0.29) is 22.7 Å². The molecule has 1 amide bonds. The number of hydrogen-bond donors (Lipinski definition) is 2. The first-order valence-corrected chi connectivity index (χ1v) is 9.64. The van der Waals surface area contributed by atoms with Crippen LogP contribution in [0.3, 0.4) is 0 Å². The number of anilines is 1. The van der Waals surface area contributed by atoms with Gasteiger partial charge in [0.25, 0.3) is 11.6 Å². The number of benzene rings is 2. The van der Waals surface area contributed by atoms with Gasteiger partial charge in [0.15, 0.2) is 0 Å². The topological polar surface area (TPSA) is 111 Å². The first kappa shape index (κ1) is 22.0. The highest BCUT2D eigenvalue weighted by Gasteiger charge is 2.17. The molecule has 0 radical (unpaired) electrons. The molecule has 0 saturated heterocycles. The number of carbonyl (C=O) groups excluding carboxylic acids is 1. The van der Waals surface area contributed by atoms with Crippen molar-refractivity contribution in [3.63, 3.8) is 0 Å². The van der Waals surface area contributed by atoms with Gasteiger partial charge >= 0.3 is 0 Å². The Bertz CT molecular complexity index is 853. The number of phenols is 1. The maximum absolute atomic E-state index is 12.7. The summed E-state index contributed by atoms with van der Waals surface area (Å²) in [5, 5.41) is 23.3. The van der Waals surface area contributed by atoms with Crippen LogP contribution >= 0.6 is 0 Å². The molecular weight excluding hydrogens is 376 g/mol. The van der Waals surface area contributed by atoms with E-state index in [4.69, 9.17) is 9.47 Å². The van der Waals surface area contributed by atoms with E-state index >= 15 is 0 Å². The van der Waals surface area contributed by atoms with Gasteiger partial charge in [-0.05, 0) is 31.0 Å². The van der Waals surface area contributed by atoms with Gasteiger partial charge in [-0.1, -0.05) is 26.7 Å². The predicted octanol–water partition coefficient (Wildman–Crippen LogP) is 4.91. The van der Waals surface area contributed by atoms with Gasteiger partial charge in [-0.2, -0.15) is 0 Å². The Labute approximate surface area is 169 Å². The Kier molecular flexibility index (Phi) is 8.27. The number of phenolic OH excluding ortho intramolecular Hbond substituents is 1. The van der Waals surface area contributed by atoms with Crippen molar-refractivity contribution in [1.82, 2.24) is 0 Å². The number of aromatic hydroxyl groups is 1. The van der Waals surface area contributed by atoms with Crippen LogP contribution in [0, 0.1) is 10.1 Å². The summed E-state index contributed by atoms with van der Waals surface area (Å²) in [5.74, 6) is 0.104. The molecular formula is C21H26N2O6. The number of nitrogens with zero attached hydrogens (tertiary/aromatic N) is 1. The van der Waals surface area contributed by atoms with Crippen molar-refractivity contribution < 1.29 is 24.3 Å². The van der Waals surface area contributed by atoms with E-state index in [2.05, 4.69) is 12.2 Å². The molecule has 0 heterocycles. The number of ether oxygens (including phenoxy) is 2. The molecule has 2 rings (SSSR count). The number of carbonyl (C=O) groups is 1. The summed E-state index contributed by atoms with van der Waals surface area (Å²) in [7, 11) is 0. The monoisotopic (exact) mass is 402 g/mol. The molecule has 8 nitrogen and oxygen atoms in total. The number of rotatable bonds is 11. The van der Waals surface area contributed by atoms with Crippen molar-refractivity contribution >= 4 is 17.3 Å². The fourth-order valence-corrected chi connectivity index (χ4v) is 2.49. The molecule has 0 fully saturated rings. The minimum absolute atomic E-state index is 0.0726. The smallest absolute Gasteiger partial charge is 0.273 e. The Morgan fingerprint density at radius 3 is 2.38 bits per heavy atom. The van der Waals surface area contributed by atoms with E-state index in [9.17, 15) is 20.0 Å². The van der Waals surface area contributed by atoms with Crippen LogP contribution in [-0.2, 0) is 0 Å². The van der Waals surface area contributed by atoms with Crippen LogP contribution in [0.1, 0.15) is 49.9 Å². The molecule has 0 aromatic heterocycles. The molecule has 0 aliphatic heterocycles. The molecule has 2 aromatic rings. The summed E-state index contributed by atoms with van der Waals surface area (Å²) in [6.45, 7) is 5.15. The van der Waals surface area contributed by atoms with Gasteiger partial charge < -0.3 is 19.9 Å². The van der Waals surface area contributed by atoms with Crippen LogP contribution in [0.15, 0.2) is 36.4 Å². The number of nitro benzene ring substituents is 1. The standard InChI is InChI=1S/C21H26N2O6/c1-3-5-11-28-16-8-9-17(20(14-16)29-12-6-4-2)21(25)22-18-10-7-15(23(26)27)13-19(18)24/h7-10,13-14,24H,3-6,11-12H2,1-2H3,(H,22,25). The molecule has 0 spiro atoms. The van der Waals surface area contributed by atoms with Crippen LogP contribution < -0.4 is 14.8 Å². The summed E-state index contributed by atoms with van der Waals surface area (Å²) < 4.78 is 11.5. The summed E-state index contributed by atoms with van der Waals surface area (Å²) >= 11 is 0. The van der Waals surface area contributed by atoms with Gasteiger partial charge in [0, 0.05) is 12.1 Å². The quantitative estimate of drug-likeness (QED) is 0.239. The van der Waals surface area contributed by atoms with E-state index in [1.54, 1.807) is 18.2 Å². The molecule has 2 N–H and O–H groups in total. The number of hydrogen-bond acceptors (Lipinski definition) is 6. The fourth-order valence-electron chi connectivity index (χ4n) is 2.49. The molecule has 0 aliphatic rings. The fraction of sp³-hybridized carbons (Fsp3) is 0.381. The minimum atomic E-state index is -0.623. The van der Waals surface area contributed by atoms with Crippen molar-refractivity contribution in [3.8, 4) is 17.2 Å². The number of nitrogens with one attached hydrogen (secondary N) is 1. The molecule has 2 aromatic carbocycles. The highest BCUT2D eigenvalue weighted by atomic mass is 16.6. The first-order valence-electron chi connectivity index (χ1n) is 9.64. The number of amides is 1. The number of nitro groups is 1. The average Bonchev–Trinajstić information content (AvgIpc) is 2.70. The molecule has 0 bridgehead atoms. The van der Waals surface area contributed by atoms with E-state index in [1.165, 1.54) is 12.1 Å². The second kappa shape index (κ2) is 10.9. The van der Waals surface area contributed by atoms with Crippen LogP contribution in [0.4, 0.5) is 11.4 Å². The lowest BCUT2D eigenvalue weighted by molar-refractivity contribution is -0.384. The summed E-state index contributed by atoms with van der Waals surface area (Å²) in [6, 6.07) is 8.44. The van der Waals surface area contributed by atoms with E-state index in [1.807, 2.05) is 6.92 Å². The van der Waals surface area contributed by atoms with E-state index in [0.717, 1.165) is 31.7 Å². The summed E-state index contributed by atoms with van der Waals surface area (Å²) in [5.41, 5.74) is 0.0859. The average molecular weight is 402 g/mol. The van der Waals surface area contributed by atoms with Gasteiger partial charge in [0.05, 0.1) is 35.5 Å². The van der Waals surface area contributed by atoms with Crippen LogP contribution in [-0.4, -0.2) is 29.2 Å². The third-order valence-corrected chi connectivity index (χ3v) is 4.16. The SMILES string of the molecule is CCCCOc1ccc(C(=O)Nc2ccc([N+](=O)[O-])cc2O)c(OCCCC)c1. The van der Waals surface area contributed by atoms with Gasteiger partial charge in [-0.25, -0.2) is 0 Å². The lowest BCUT2D eigenvalue weighted by Gasteiger charge is -2.14. The second-order valence-electron chi connectivity index (χ2n) is 6.47. The normalized spacial score (nSPS) is 10.4. The Morgan fingerprint density at radius 2 is 1.76 bits per heavy atom. The zero-order chi connectivity index (χ0) is 21.2. The predicted molar refractivity (Wildman–Crippen MR) is 110 cm³/mol. The third kappa shape index (κ3) is 6.38. The molecule has 8 heteroatoms. The molecule has 0 saturated carbocycles. The summed E-state index contributed by atoms with van der Waals surface area (Å²) in [6.07, 6.45) is 3.72. The molecule has 29 heavy (non-hydrogen) atoms. The molecule has 0 aliphatic carbocycles. The Hall–Kier alpha value is -3.29. The Balaban J connectivity index is 2.21. The largest absolute Gasteiger partial charge is 0.506 e. The lowest BCUT2D eigenvalue weighted by Crippen LogP contribution is -2.14. The van der Waals surface area contributed by atoms with Gasteiger partial charge in [-0.15, -0.1) is 0 Å². The van der Waals surface area contributed by atoms with Gasteiger partial charge in [0.1, 0.15) is 17.2 Å². The maximum Gasteiger partial charge on any atom is 0.273 e. The van der Waals surface area contributed by atoms with Gasteiger partial charge in [0.2, 0.25) is 0 Å². The third-order valence-electron chi connectivity index (χ3n) is 4.16. The highest BCUT2D eigenvalue weighted by Crippen LogP contribution is 2.30. The number of non-ortho nitro benzene ring substituents is 1. The van der Waals surface area contributed by atoms with Crippen molar-refractivity contribution in [1.29, 1.82) is 0 Å². The zero-order valence-corrected chi connectivity index (χ0v) is 16.6. The minimum Gasteiger partial charge on any atom is -0.506 e. The molecule has 0 atom stereocenters. The highest BCUT2D eigenvalue weighted by molar-refractivity contribution is 6.07.